The summed E-state index contributed by atoms with van der Waals surface area (Å²) in [5.41, 5.74) is 0.866. The summed E-state index contributed by atoms with van der Waals surface area (Å²) in [6, 6.07) is 5.52. The lowest BCUT2D eigenvalue weighted by molar-refractivity contribution is -0.131. The zero-order valence-electron chi connectivity index (χ0n) is 11.8. The fourth-order valence-corrected chi connectivity index (χ4v) is 2.21. The second-order valence-corrected chi connectivity index (χ2v) is 4.49. The van der Waals surface area contributed by atoms with Gasteiger partial charge in [0, 0.05) is 31.7 Å². The van der Waals surface area contributed by atoms with E-state index < -0.39 is 0 Å². The standard InChI is InChI=1S/C14H20N2O3.ClH/c1-18-12-3-4-13(19-2)11(9-12)10-14(17)16-7-5-15-6-8-16;/h3-4,9,15H,5-8,10H2,1-2H3;1H. The Balaban J connectivity index is 0.00000200. The molecule has 1 amide bonds. The molecule has 0 aromatic heterocycles. The molecule has 20 heavy (non-hydrogen) atoms. The Labute approximate surface area is 125 Å². The lowest BCUT2D eigenvalue weighted by atomic mass is 10.1. The highest BCUT2D eigenvalue weighted by molar-refractivity contribution is 5.85. The Morgan fingerprint density at radius 1 is 1.25 bits per heavy atom. The van der Waals surface area contributed by atoms with Crippen LogP contribution < -0.4 is 14.8 Å². The monoisotopic (exact) mass is 300 g/mol. The highest BCUT2D eigenvalue weighted by atomic mass is 35.5. The summed E-state index contributed by atoms with van der Waals surface area (Å²) < 4.78 is 10.5. The van der Waals surface area contributed by atoms with E-state index in [1.165, 1.54) is 0 Å². The van der Waals surface area contributed by atoms with E-state index in [0.29, 0.717) is 6.42 Å². The Morgan fingerprint density at radius 3 is 2.55 bits per heavy atom. The van der Waals surface area contributed by atoms with Gasteiger partial charge >= 0.3 is 0 Å². The summed E-state index contributed by atoms with van der Waals surface area (Å²) in [6.45, 7) is 3.26. The van der Waals surface area contributed by atoms with Gasteiger partial charge in [0.1, 0.15) is 11.5 Å². The van der Waals surface area contributed by atoms with Gasteiger partial charge in [-0.15, -0.1) is 12.4 Å². The number of rotatable bonds is 4. The highest BCUT2D eigenvalue weighted by Gasteiger charge is 2.18. The van der Waals surface area contributed by atoms with Gasteiger partial charge < -0.3 is 19.7 Å². The third kappa shape index (κ3) is 4.02. The number of methoxy groups -OCH3 is 2. The normalized spacial score (nSPS) is 14.4. The van der Waals surface area contributed by atoms with Crippen molar-refractivity contribution in [2.75, 3.05) is 40.4 Å². The molecule has 112 valence electrons. The van der Waals surface area contributed by atoms with Crippen LogP contribution in [0.1, 0.15) is 5.56 Å². The van der Waals surface area contributed by atoms with Gasteiger partial charge in [-0.3, -0.25) is 4.79 Å². The van der Waals surface area contributed by atoms with Crippen molar-refractivity contribution in [3.8, 4) is 11.5 Å². The zero-order valence-corrected chi connectivity index (χ0v) is 12.7. The third-order valence-electron chi connectivity index (χ3n) is 3.30. The Morgan fingerprint density at radius 2 is 1.95 bits per heavy atom. The van der Waals surface area contributed by atoms with Gasteiger partial charge in [0.25, 0.3) is 0 Å². The number of halogens is 1. The van der Waals surface area contributed by atoms with Crippen LogP contribution in [-0.4, -0.2) is 51.2 Å². The first-order valence-electron chi connectivity index (χ1n) is 6.44. The molecule has 0 atom stereocenters. The van der Waals surface area contributed by atoms with Crippen LogP contribution in [-0.2, 0) is 11.2 Å². The van der Waals surface area contributed by atoms with Gasteiger partial charge in [-0.2, -0.15) is 0 Å². The van der Waals surface area contributed by atoms with Crippen LogP contribution in [0.3, 0.4) is 0 Å². The number of nitrogens with zero attached hydrogens (tertiary/aromatic N) is 1. The Hall–Kier alpha value is -1.46. The summed E-state index contributed by atoms with van der Waals surface area (Å²) in [6.07, 6.45) is 0.348. The maximum absolute atomic E-state index is 12.2. The van der Waals surface area contributed by atoms with Crippen LogP contribution in [0.15, 0.2) is 18.2 Å². The molecule has 1 N–H and O–H groups in total. The van der Waals surface area contributed by atoms with Gasteiger partial charge in [0.05, 0.1) is 20.6 Å². The van der Waals surface area contributed by atoms with Crippen LogP contribution in [0, 0.1) is 0 Å². The second-order valence-electron chi connectivity index (χ2n) is 4.49. The predicted molar refractivity (Wildman–Crippen MR) is 79.9 cm³/mol. The number of nitrogens with one attached hydrogen (secondary N) is 1. The molecule has 1 aliphatic heterocycles. The molecule has 0 bridgehead atoms. The van der Waals surface area contributed by atoms with Crippen molar-refractivity contribution in [2.24, 2.45) is 0 Å². The van der Waals surface area contributed by atoms with Gasteiger partial charge in [-0.05, 0) is 18.2 Å². The van der Waals surface area contributed by atoms with E-state index in [1.807, 2.05) is 23.1 Å². The number of piperazine rings is 1. The molecular formula is C14H21ClN2O3. The van der Waals surface area contributed by atoms with Crippen molar-refractivity contribution in [1.29, 1.82) is 0 Å². The summed E-state index contributed by atoms with van der Waals surface area (Å²) in [5.74, 6) is 1.60. The average Bonchev–Trinajstić information content (AvgIpc) is 2.48. The van der Waals surface area contributed by atoms with Crippen LogP contribution >= 0.6 is 12.4 Å². The molecule has 0 saturated carbocycles. The number of hydrogen-bond acceptors (Lipinski definition) is 4. The molecule has 1 aromatic rings. The van der Waals surface area contributed by atoms with Crippen molar-refractivity contribution in [3.63, 3.8) is 0 Å². The number of amides is 1. The van der Waals surface area contributed by atoms with Crippen molar-refractivity contribution in [2.45, 2.75) is 6.42 Å². The molecule has 1 aliphatic rings. The van der Waals surface area contributed by atoms with Crippen LogP contribution in [0.5, 0.6) is 11.5 Å². The van der Waals surface area contributed by atoms with Crippen molar-refractivity contribution < 1.29 is 14.3 Å². The molecule has 1 aromatic carbocycles. The van der Waals surface area contributed by atoms with Crippen LogP contribution in [0.25, 0.3) is 0 Å². The number of ether oxygens (including phenoxy) is 2. The molecule has 2 rings (SSSR count). The quantitative estimate of drug-likeness (QED) is 0.905. The largest absolute Gasteiger partial charge is 0.497 e. The summed E-state index contributed by atoms with van der Waals surface area (Å²) in [4.78, 5) is 14.1. The minimum atomic E-state index is 0. The molecule has 6 heteroatoms. The first-order chi connectivity index (χ1) is 9.24. The van der Waals surface area contributed by atoms with Gasteiger partial charge in [0.2, 0.25) is 5.91 Å². The molecule has 1 saturated heterocycles. The Kier molecular flexibility index (Phi) is 6.61. The molecule has 0 aliphatic carbocycles. The lowest BCUT2D eigenvalue weighted by Crippen LogP contribution is -2.46. The van der Waals surface area contributed by atoms with Gasteiger partial charge in [0.15, 0.2) is 0 Å². The van der Waals surface area contributed by atoms with Crippen molar-refractivity contribution in [1.82, 2.24) is 10.2 Å². The highest BCUT2D eigenvalue weighted by Crippen LogP contribution is 2.24. The van der Waals surface area contributed by atoms with Crippen LogP contribution in [0.2, 0.25) is 0 Å². The number of carbonyl (C=O) groups is 1. The third-order valence-corrected chi connectivity index (χ3v) is 3.30. The summed E-state index contributed by atoms with van der Waals surface area (Å²) in [7, 11) is 3.23. The SMILES string of the molecule is COc1ccc(OC)c(CC(=O)N2CCNCC2)c1.Cl. The van der Waals surface area contributed by atoms with Gasteiger partial charge in [-0.1, -0.05) is 0 Å². The number of hydrogen-bond donors (Lipinski definition) is 1. The molecule has 5 nitrogen and oxygen atoms in total. The maximum Gasteiger partial charge on any atom is 0.227 e. The van der Waals surface area contributed by atoms with Crippen molar-refractivity contribution >= 4 is 18.3 Å². The van der Waals surface area contributed by atoms with E-state index in [4.69, 9.17) is 9.47 Å². The minimum Gasteiger partial charge on any atom is -0.497 e. The topological polar surface area (TPSA) is 50.8 Å². The maximum atomic E-state index is 12.2. The van der Waals surface area contributed by atoms with E-state index in [9.17, 15) is 4.79 Å². The van der Waals surface area contributed by atoms with E-state index in [-0.39, 0.29) is 18.3 Å². The predicted octanol–water partition coefficient (Wildman–Crippen LogP) is 1.10. The molecule has 1 fully saturated rings. The number of carbonyl (C=O) groups excluding carboxylic acids is 1. The molecule has 0 unspecified atom stereocenters. The Bertz CT molecular complexity index is 448. The zero-order chi connectivity index (χ0) is 13.7. The summed E-state index contributed by atoms with van der Waals surface area (Å²) in [5, 5.41) is 3.24. The van der Waals surface area contributed by atoms with Gasteiger partial charge in [-0.25, -0.2) is 0 Å². The van der Waals surface area contributed by atoms with Crippen LogP contribution in [0.4, 0.5) is 0 Å². The molecular weight excluding hydrogens is 280 g/mol. The fourth-order valence-electron chi connectivity index (χ4n) is 2.21. The molecule has 0 radical (unpaired) electrons. The van der Waals surface area contributed by atoms with E-state index >= 15 is 0 Å². The van der Waals surface area contributed by atoms with Crippen molar-refractivity contribution in [3.05, 3.63) is 23.8 Å². The number of benzene rings is 1. The molecule has 1 heterocycles. The first kappa shape index (κ1) is 16.6. The molecule has 0 spiro atoms. The van der Waals surface area contributed by atoms with E-state index in [2.05, 4.69) is 5.32 Å². The smallest absolute Gasteiger partial charge is 0.227 e. The fraction of sp³-hybridized carbons (Fsp3) is 0.500. The van der Waals surface area contributed by atoms with E-state index in [1.54, 1.807) is 14.2 Å². The summed E-state index contributed by atoms with van der Waals surface area (Å²) >= 11 is 0. The second kappa shape index (κ2) is 7.97. The van der Waals surface area contributed by atoms with E-state index in [0.717, 1.165) is 43.2 Å². The minimum absolute atomic E-state index is 0. The first-order valence-corrected chi connectivity index (χ1v) is 6.44. The lowest BCUT2D eigenvalue weighted by Gasteiger charge is -2.27. The average molecular weight is 301 g/mol.